The molecule has 0 aliphatic heterocycles. The average Bonchev–Trinajstić information content (AvgIpc) is 2.19. The number of carbonyl (C=O) groups excluding carboxylic acids is 1. The second-order valence-corrected chi connectivity index (χ2v) is 2.61. The maximum Gasteiger partial charge on any atom is 0.418 e. The van der Waals surface area contributed by atoms with Crippen LogP contribution in [-0.4, -0.2) is 17.1 Å². The van der Waals surface area contributed by atoms with Gasteiger partial charge in [-0.2, -0.15) is 0 Å². The van der Waals surface area contributed by atoms with E-state index >= 15 is 0 Å². The molecule has 0 saturated carbocycles. The van der Waals surface area contributed by atoms with Crippen molar-refractivity contribution in [3.8, 4) is 0 Å². The van der Waals surface area contributed by atoms with Gasteiger partial charge in [0.2, 0.25) is 5.91 Å². The van der Waals surface area contributed by atoms with Crippen LogP contribution in [0.2, 0.25) is 0 Å². The van der Waals surface area contributed by atoms with Gasteiger partial charge < -0.3 is 5.11 Å². The molecular weight excluding hydrogens is 182 g/mol. The molecule has 0 aliphatic rings. The molecule has 2 amide bonds. The minimum Gasteiger partial charge on any atom is -0.464 e. The van der Waals surface area contributed by atoms with Crippen LogP contribution >= 0.6 is 0 Å². The van der Waals surface area contributed by atoms with Crippen LogP contribution < -0.4 is 4.90 Å². The summed E-state index contributed by atoms with van der Waals surface area (Å²) in [7, 11) is 0. The maximum atomic E-state index is 11.3. The highest BCUT2D eigenvalue weighted by molar-refractivity contribution is 6.11. The Hall–Kier alpha value is -1.84. The predicted molar refractivity (Wildman–Crippen MR) is 51.1 cm³/mol. The van der Waals surface area contributed by atoms with Crippen LogP contribution in [0.15, 0.2) is 24.3 Å². The number of carbonyl (C=O) groups is 2. The smallest absolute Gasteiger partial charge is 0.418 e. The summed E-state index contributed by atoms with van der Waals surface area (Å²) in [5.74, 6) is -0.458. The number of nitrogens with zero attached hydrogens (tertiary/aromatic N) is 1. The third kappa shape index (κ3) is 2.10. The van der Waals surface area contributed by atoms with Crippen molar-refractivity contribution in [2.45, 2.75) is 13.3 Å². The quantitative estimate of drug-likeness (QED) is 0.778. The number of anilines is 1. The van der Waals surface area contributed by atoms with Gasteiger partial charge in [-0.15, -0.1) is 0 Å². The van der Waals surface area contributed by atoms with Crippen LogP contribution in [0.5, 0.6) is 0 Å². The lowest BCUT2D eigenvalue weighted by Gasteiger charge is -2.15. The van der Waals surface area contributed by atoms with Gasteiger partial charge in [0.25, 0.3) is 0 Å². The summed E-state index contributed by atoms with van der Waals surface area (Å²) < 4.78 is 0. The van der Waals surface area contributed by atoms with Gasteiger partial charge in [0.1, 0.15) is 0 Å². The third-order valence-corrected chi connectivity index (χ3v) is 1.68. The van der Waals surface area contributed by atoms with Crippen molar-refractivity contribution in [2.75, 3.05) is 4.90 Å². The number of rotatable bonds is 2. The molecule has 0 bridgehead atoms. The van der Waals surface area contributed by atoms with E-state index in [-0.39, 0.29) is 12.1 Å². The Morgan fingerprint density at radius 1 is 1.50 bits per heavy atom. The van der Waals surface area contributed by atoms with Crippen LogP contribution in [0, 0.1) is 6.07 Å². The van der Waals surface area contributed by atoms with E-state index in [1.54, 1.807) is 25.1 Å². The molecule has 0 heterocycles. The molecule has 4 heteroatoms. The second kappa shape index (κ2) is 4.41. The average molecular weight is 192 g/mol. The molecular formula is C10H10NO3. The molecule has 0 unspecified atom stereocenters. The number of imide groups is 1. The molecule has 1 aromatic carbocycles. The van der Waals surface area contributed by atoms with Gasteiger partial charge in [-0.05, 0) is 6.07 Å². The lowest BCUT2D eigenvalue weighted by molar-refractivity contribution is -0.117. The fourth-order valence-electron chi connectivity index (χ4n) is 1.03. The van der Waals surface area contributed by atoms with Crippen LogP contribution in [0.3, 0.4) is 0 Å². The van der Waals surface area contributed by atoms with E-state index in [9.17, 15) is 9.59 Å². The fraction of sp³-hybridized carbons (Fsp3) is 0.200. The first kappa shape index (κ1) is 10.2. The van der Waals surface area contributed by atoms with E-state index in [1.165, 1.54) is 6.07 Å². The summed E-state index contributed by atoms with van der Waals surface area (Å²) in [6.07, 6.45) is -1.13. The number of hydrogen-bond acceptors (Lipinski definition) is 2. The summed E-state index contributed by atoms with van der Waals surface area (Å²) in [5, 5.41) is 8.81. The molecule has 0 aromatic heterocycles. The van der Waals surface area contributed by atoms with Gasteiger partial charge in [-0.25, -0.2) is 9.69 Å². The molecule has 4 nitrogen and oxygen atoms in total. The molecule has 0 spiro atoms. The summed E-state index contributed by atoms with van der Waals surface area (Å²) in [6.45, 7) is 1.61. The summed E-state index contributed by atoms with van der Waals surface area (Å²) in [4.78, 5) is 22.8. The third-order valence-electron chi connectivity index (χ3n) is 1.68. The SMILES string of the molecule is CCC(=O)N(C(=O)O)c1[c]cccc1. The number of hydrogen-bond donors (Lipinski definition) is 1. The van der Waals surface area contributed by atoms with Crippen molar-refractivity contribution in [3.63, 3.8) is 0 Å². The molecule has 0 fully saturated rings. The highest BCUT2D eigenvalue weighted by atomic mass is 16.4. The van der Waals surface area contributed by atoms with Crippen LogP contribution in [0.4, 0.5) is 10.5 Å². The van der Waals surface area contributed by atoms with Gasteiger partial charge in [0.05, 0.1) is 5.69 Å². The lowest BCUT2D eigenvalue weighted by Crippen LogP contribution is -2.35. The standard InChI is InChI=1S/C10H10NO3/c1-2-9(12)11(10(13)14)8-6-4-3-5-7-8/h3-6H,2H2,1H3,(H,13,14). The molecule has 1 aromatic rings. The molecule has 1 radical (unpaired) electrons. The molecule has 0 atom stereocenters. The van der Waals surface area contributed by atoms with Gasteiger partial charge in [0.15, 0.2) is 0 Å². The minimum absolute atomic E-state index is 0.148. The van der Waals surface area contributed by atoms with Crippen LogP contribution in [0.1, 0.15) is 13.3 Å². The Kier molecular flexibility index (Phi) is 3.23. The summed E-state index contributed by atoms with van der Waals surface area (Å²) in [5.41, 5.74) is 0.256. The van der Waals surface area contributed by atoms with E-state index < -0.39 is 12.0 Å². The molecule has 0 saturated heterocycles. The van der Waals surface area contributed by atoms with E-state index in [0.717, 1.165) is 0 Å². The van der Waals surface area contributed by atoms with Crippen molar-refractivity contribution in [3.05, 3.63) is 30.3 Å². The number of benzene rings is 1. The molecule has 1 rings (SSSR count). The first-order valence-electron chi connectivity index (χ1n) is 4.19. The Labute approximate surface area is 81.8 Å². The lowest BCUT2D eigenvalue weighted by atomic mass is 10.3. The predicted octanol–water partition coefficient (Wildman–Crippen LogP) is 1.91. The largest absolute Gasteiger partial charge is 0.464 e. The fourth-order valence-corrected chi connectivity index (χ4v) is 1.03. The zero-order valence-electron chi connectivity index (χ0n) is 7.73. The van der Waals surface area contributed by atoms with Crippen LogP contribution in [0.25, 0.3) is 0 Å². The van der Waals surface area contributed by atoms with E-state index in [0.29, 0.717) is 4.90 Å². The molecule has 1 N–H and O–H groups in total. The van der Waals surface area contributed by atoms with Crippen LogP contribution in [-0.2, 0) is 4.79 Å². The number of amides is 2. The monoisotopic (exact) mass is 192 g/mol. The second-order valence-electron chi connectivity index (χ2n) is 2.61. The van der Waals surface area contributed by atoms with E-state index in [1.807, 2.05) is 0 Å². The number of carboxylic acid groups (broad SMARTS) is 1. The molecule has 0 aliphatic carbocycles. The van der Waals surface area contributed by atoms with Crippen molar-refractivity contribution >= 4 is 17.7 Å². The Morgan fingerprint density at radius 2 is 2.21 bits per heavy atom. The van der Waals surface area contributed by atoms with Crippen molar-refractivity contribution in [1.29, 1.82) is 0 Å². The topological polar surface area (TPSA) is 57.6 Å². The summed E-state index contributed by atoms with van der Waals surface area (Å²) in [6, 6.07) is 9.15. The van der Waals surface area contributed by atoms with Gasteiger partial charge >= 0.3 is 6.09 Å². The normalized spacial score (nSPS) is 9.50. The van der Waals surface area contributed by atoms with E-state index in [4.69, 9.17) is 5.11 Å². The first-order valence-corrected chi connectivity index (χ1v) is 4.19. The zero-order chi connectivity index (χ0) is 10.6. The van der Waals surface area contributed by atoms with Crippen molar-refractivity contribution in [2.24, 2.45) is 0 Å². The highest BCUT2D eigenvalue weighted by Gasteiger charge is 2.20. The minimum atomic E-state index is -1.28. The Bertz CT molecular complexity index is 334. The molecule has 14 heavy (non-hydrogen) atoms. The van der Waals surface area contributed by atoms with E-state index in [2.05, 4.69) is 6.07 Å². The zero-order valence-corrected chi connectivity index (χ0v) is 7.73. The van der Waals surface area contributed by atoms with Gasteiger partial charge in [-0.3, -0.25) is 4.79 Å². The number of para-hydroxylation sites is 1. The maximum absolute atomic E-state index is 11.3. The van der Waals surface area contributed by atoms with Crippen molar-refractivity contribution < 1.29 is 14.7 Å². The Morgan fingerprint density at radius 3 is 2.64 bits per heavy atom. The highest BCUT2D eigenvalue weighted by Crippen LogP contribution is 2.13. The van der Waals surface area contributed by atoms with Gasteiger partial charge in [-0.1, -0.05) is 25.1 Å². The summed E-state index contributed by atoms with van der Waals surface area (Å²) >= 11 is 0. The van der Waals surface area contributed by atoms with Crippen molar-refractivity contribution in [1.82, 2.24) is 0 Å². The Balaban J connectivity index is 3.01. The molecule has 73 valence electrons. The first-order chi connectivity index (χ1) is 6.66. The van der Waals surface area contributed by atoms with Gasteiger partial charge in [0, 0.05) is 12.5 Å².